The molecule has 3 saturated heterocycles. The van der Waals surface area contributed by atoms with Crippen molar-refractivity contribution < 1.29 is 14.3 Å². The van der Waals surface area contributed by atoms with Crippen LogP contribution in [0, 0.1) is 5.92 Å². The second-order valence-corrected chi connectivity index (χ2v) is 7.15. The Morgan fingerprint density at radius 3 is 3.05 bits per heavy atom. The lowest BCUT2D eigenvalue weighted by Gasteiger charge is -2.39. The minimum atomic E-state index is -0.154. The van der Waals surface area contributed by atoms with Crippen LogP contribution in [0.4, 0.5) is 0 Å². The molecule has 0 bridgehead atoms. The van der Waals surface area contributed by atoms with Crippen molar-refractivity contribution >= 4 is 17.5 Å². The van der Waals surface area contributed by atoms with Crippen LogP contribution in [0.1, 0.15) is 19.3 Å². The van der Waals surface area contributed by atoms with Gasteiger partial charge in [0.15, 0.2) is 5.78 Å². The van der Waals surface area contributed by atoms with Crippen LogP contribution in [0.2, 0.25) is 0 Å². The number of hydrogen-bond acceptors (Lipinski definition) is 5. The number of nitrogens with zero attached hydrogens (tertiary/aromatic N) is 1. The molecule has 3 atom stereocenters. The summed E-state index contributed by atoms with van der Waals surface area (Å²) in [4.78, 5) is 15.0. The van der Waals surface area contributed by atoms with E-state index in [2.05, 4.69) is 11.9 Å². The largest absolute Gasteiger partial charge is 0.378 e. The van der Waals surface area contributed by atoms with E-state index in [1.165, 1.54) is 0 Å². The molecule has 3 heterocycles. The predicted molar refractivity (Wildman–Crippen MR) is 75.6 cm³/mol. The molecule has 0 aliphatic carbocycles. The highest BCUT2D eigenvalue weighted by molar-refractivity contribution is 7.99. The average molecular weight is 285 g/mol. The standard InChI is InChI=1S/C14H23NO3S/c1-15-4-7-19-9-12(15)13(16)11-2-5-18-14(8-11)3-6-17-10-14/h11-12H,2-10H2,1H3. The first-order valence-corrected chi connectivity index (χ1v) is 8.39. The fourth-order valence-corrected chi connectivity index (χ4v) is 4.62. The zero-order valence-corrected chi connectivity index (χ0v) is 12.4. The molecule has 3 aliphatic heterocycles. The SMILES string of the molecule is CN1CCSCC1C(=O)C1CCOC2(CCOC2)C1. The van der Waals surface area contributed by atoms with E-state index in [4.69, 9.17) is 9.47 Å². The molecule has 0 saturated carbocycles. The summed E-state index contributed by atoms with van der Waals surface area (Å²) in [6.07, 6.45) is 2.70. The smallest absolute Gasteiger partial charge is 0.154 e. The summed E-state index contributed by atoms with van der Waals surface area (Å²) in [6.45, 7) is 3.19. The van der Waals surface area contributed by atoms with Gasteiger partial charge in [0.25, 0.3) is 0 Å². The fourth-order valence-electron chi connectivity index (χ4n) is 3.39. The molecule has 108 valence electrons. The van der Waals surface area contributed by atoms with Gasteiger partial charge < -0.3 is 9.47 Å². The van der Waals surface area contributed by atoms with E-state index in [-0.39, 0.29) is 17.6 Å². The number of carbonyl (C=O) groups is 1. The molecule has 0 N–H and O–H groups in total. The number of carbonyl (C=O) groups excluding carboxylic acids is 1. The zero-order chi connectivity index (χ0) is 13.3. The summed E-state index contributed by atoms with van der Waals surface area (Å²) in [5.41, 5.74) is -0.154. The molecule has 0 amide bonds. The lowest BCUT2D eigenvalue weighted by molar-refractivity contribution is -0.140. The number of rotatable bonds is 2. The number of ether oxygens (including phenoxy) is 2. The van der Waals surface area contributed by atoms with E-state index in [1.54, 1.807) is 0 Å². The summed E-state index contributed by atoms with van der Waals surface area (Å²) in [6, 6.07) is 0.112. The summed E-state index contributed by atoms with van der Waals surface area (Å²) >= 11 is 1.90. The van der Waals surface area contributed by atoms with E-state index < -0.39 is 0 Å². The maximum atomic E-state index is 12.8. The van der Waals surface area contributed by atoms with Crippen LogP contribution in [0.3, 0.4) is 0 Å². The number of hydrogen-bond donors (Lipinski definition) is 0. The Morgan fingerprint density at radius 1 is 1.42 bits per heavy atom. The van der Waals surface area contributed by atoms with E-state index in [0.717, 1.165) is 43.9 Å². The highest BCUT2D eigenvalue weighted by Gasteiger charge is 2.44. The van der Waals surface area contributed by atoms with Gasteiger partial charge in [-0.2, -0.15) is 11.8 Å². The summed E-state index contributed by atoms with van der Waals surface area (Å²) in [5.74, 6) is 2.70. The highest BCUT2D eigenvalue weighted by atomic mass is 32.2. The Hall–Kier alpha value is -0.100. The van der Waals surface area contributed by atoms with Crippen molar-refractivity contribution in [3.8, 4) is 0 Å². The highest BCUT2D eigenvalue weighted by Crippen LogP contribution is 2.37. The van der Waals surface area contributed by atoms with E-state index in [0.29, 0.717) is 19.0 Å². The first kappa shape index (κ1) is 13.9. The molecular formula is C14H23NO3S. The third-order valence-corrected chi connectivity index (χ3v) is 5.71. The molecule has 0 aromatic carbocycles. The van der Waals surface area contributed by atoms with E-state index in [1.807, 2.05) is 11.8 Å². The molecule has 5 heteroatoms. The summed E-state index contributed by atoms with van der Waals surface area (Å²) < 4.78 is 11.4. The lowest BCUT2D eigenvalue weighted by Crippen LogP contribution is -2.50. The molecule has 3 aliphatic rings. The van der Waals surface area contributed by atoms with Gasteiger partial charge in [0.1, 0.15) is 0 Å². The second-order valence-electron chi connectivity index (χ2n) is 6.00. The Bertz CT molecular complexity index is 344. The van der Waals surface area contributed by atoms with Gasteiger partial charge in [0, 0.05) is 43.6 Å². The third kappa shape index (κ3) is 2.84. The van der Waals surface area contributed by atoms with Crippen LogP contribution in [-0.4, -0.2) is 67.2 Å². The molecule has 0 aromatic heterocycles. The van der Waals surface area contributed by atoms with Crippen molar-refractivity contribution in [1.29, 1.82) is 0 Å². The van der Waals surface area contributed by atoms with Crippen LogP contribution in [0.5, 0.6) is 0 Å². The van der Waals surface area contributed by atoms with Crippen molar-refractivity contribution in [3.05, 3.63) is 0 Å². The third-order valence-electron chi connectivity index (χ3n) is 4.69. The van der Waals surface area contributed by atoms with Crippen LogP contribution in [-0.2, 0) is 14.3 Å². The van der Waals surface area contributed by atoms with Gasteiger partial charge in [-0.3, -0.25) is 9.69 Å². The molecule has 1 spiro atoms. The Kier molecular flexibility index (Phi) is 4.17. The molecule has 3 unspecified atom stereocenters. The van der Waals surface area contributed by atoms with Crippen LogP contribution >= 0.6 is 11.8 Å². The number of Topliss-reactive ketones (excluding diaryl/α,β-unsaturated/α-hetero) is 1. The minimum absolute atomic E-state index is 0.112. The molecule has 3 rings (SSSR count). The predicted octanol–water partition coefficient (Wildman–Crippen LogP) is 1.19. The average Bonchev–Trinajstić information content (AvgIpc) is 2.86. The Morgan fingerprint density at radius 2 is 2.32 bits per heavy atom. The van der Waals surface area contributed by atoms with Crippen LogP contribution in [0.25, 0.3) is 0 Å². The fraction of sp³-hybridized carbons (Fsp3) is 0.929. The molecule has 19 heavy (non-hydrogen) atoms. The van der Waals surface area contributed by atoms with Crippen molar-refractivity contribution in [2.75, 3.05) is 44.9 Å². The number of likely N-dealkylation sites (N-methyl/N-ethyl adjacent to an activating group) is 1. The Labute approximate surface area is 119 Å². The van der Waals surface area contributed by atoms with Gasteiger partial charge in [0.2, 0.25) is 0 Å². The van der Waals surface area contributed by atoms with Crippen molar-refractivity contribution in [2.45, 2.75) is 30.9 Å². The maximum absolute atomic E-state index is 12.8. The first-order valence-electron chi connectivity index (χ1n) is 7.24. The normalized spacial score (nSPS) is 40.7. The summed E-state index contributed by atoms with van der Waals surface area (Å²) in [5, 5.41) is 0. The number of ketones is 1. The van der Waals surface area contributed by atoms with Gasteiger partial charge in [0.05, 0.1) is 18.2 Å². The lowest BCUT2D eigenvalue weighted by atomic mass is 9.81. The molecule has 4 nitrogen and oxygen atoms in total. The quantitative estimate of drug-likeness (QED) is 0.762. The van der Waals surface area contributed by atoms with Gasteiger partial charge in [-0.25, -0.2) is 0 Å². The van der Waals surface area contributed by atoms with Gasteiger partial charge in [-0.1, -0.05) is 0 Å². The summed E-state index contributed by atoms with van der Waals surface area (Å²) in [7, 11) is 2.08. The zero-order valence-electron chi connectivity index (χ0n) is 11.6. The van der Waals surface area contributed by atoms with E-state index in [9.17, 15) is 4.79 Å². The minimum Gasteiger partial charge on any atom is -0.378 e. The number of thioether (sulfide) groups is 1. The van der Waals surface area contributed by atoms with Crippen molar-refractivity contribution in [2.24, 2.45) is 5.92 Å². The molecule has 3 fully saturated rings. The van der Waals surface area contributed by atoms with Crippen LogP contribution in [0.15, 0.2) is 0 Å². The maximum Gasteiger partial charge on any atom is 0.154 e. The molecule has 0 radical (unpaired) electrons. The second kappa shape index (κ2) is 5.72. The van der Waals surface area contributed by atoms with Gasteiger partial charge in [-0.05, 0) is 19.9 Å². The van der Waals surface area contributed by atoms with E-state index >= 15 is 0 Å². The topological polar surface area (TPSA) is 38.8 Å². The Balaban J connectivity index is 1.65. The van der Waals surface area contributed by atoms with Crippen molar-refractivity contribution in [1.82, 2.24) is 4.90 Å². The van der Waals surface area contributed by atoms with Crippen LogP contribution < -0.4 is 0 Å². The first-order chi connectivity index (χ1) is 9.20. The molecule has 0 aromatic rings. The van der Waals surface area contributed by atoms with Gasteiger partial charge in [-0.15, -0.1) is 0 Å². The molecular weight excluding hydrogens is 262 g/mol. The van der Waals surface area contributed by atoms with Crippen molar-refractivity contribution in [3.63, 3.8) is 0 Å². The monoisotopic (exact) mass is 285 g/mol. The van der Waals surface area contributed by atoms with Gasteiger partial charge >= 0.3 is 0 Å².